The minimum absolute atomic E-state index is 0.0518. The van der Waals surface area contributed by atoms with Crippen LogP contribution >= 0.6 is 11.8 Å². The van der Waals surface area contributed by atoms with Crippen LogP contribution in [0.2, 0.25) is 0 Å². The zero-order valence-electron chi connectivity index (χ0n) is 18.2. The molecule has 0 aliphatic carbocycles. The van der Waals surface area contributed by atoms with Crippen molar-refractivity contribution in [1.29, 1.82) is 0 Å². The molecule has 2 unspecified atom stereocenters. The van der Waals surface area contributed by atoms with Crippen LogP contribution in [-0.4, -0.2) is 41.0 Å². The summed E-state index contributed by atoms with van der Waals surface area (Å²) in [6.07, 6.45) is 1.23. The average molecular weight is 400 g/mol. The molecule has 2 aromatic carbocycles. The minimum Gasteiger partial charge on any atom is -0.388 e. The van der Waals surface area contributed by atoms with Gasteiger partial charge in [-0.3, -0.25) is 0 Å². The highest BCUT2D eigenvalue weighted by Gasteiger charge is 2.35. The molecule has 2 nitrogen and oxygen atoms in total. The van der Waals surface area contributed by atoms with Crippen molar-refractivity contribution in [2.24, 2.45) is 5.92 Å². The summed E-state index contributed by atoms with van der Waals surface area (Å²) in [4.78, 5) is 3.60. The predicted molar refractivity (Wildman–Crippen MR) is 123 cm³/mol. The summed E-state index contributed by atoms with van der Waals surface area (Å²) in [5, 5.41) is 11.5. The van der Waals surface area contributed by atoms with Crippen molar-refractivity contribution in [2.75, 3.05) is 25.4 Å². The Bertz CT molecular complexity index is 677. The number of aliphatic hydroxyl groups is 1. The van der Waals surface area contributed by atoms with Gasteiger partial charge in [-0.25, -0.2) is 0 Å². The monoisotopic (exact) mass is 399 g/mol. The Morgan fingerprint density at radius 3 is 2.04 bits per heavy atom. The summed E-state index contributed by atoms with van der Waals surface area (Å²) in [5.74, 6) is 1.84. The lowest BCUT2D eigenvalue weighted by Crippen LogP contribution is -2.45. The molecule has 1 N–H and O–H groups in total. The van der Waals surface area contributed by atoms with Crippen LogP contribution in [0, 0.1) is 5.92 Å². The number of hydrogen-bond acceptors (Lipinski definition) is 3. The number of rotatable bonds is 11. The molecule has 0 saturated heterocycles. The van der Waals surface area contributed by atoms with Crippen molar-refractivity contribution >= 4 is 11.8 Å². The van der Waals surface area contributed by atoms with Crippen molar-refractivity contribution in [2.45, 2.75) is 57.5 Å². The quantitative estimate of drug-likeness (QED) is 0.465. The fourth-order valence-corrected chi connectivity index (χ4v) is 4.87. The van der Waals surface area contributed by atoms with E-state index in [2.05, 4.69) is 81.1 Å². The van der Waals surface area contributed by atoms with Crippen LogP contribution in [0.5, 0.6) is 0 Å². The summed E-state index contributed by atoms with van der Waals surface area (Å²) in [6.45, 7) is 13.4. The molecule has 2 rings (SSSR count). The van der Waals surface area contributed by atoms with Gasteiger partial charge in [-0.1, -0.05) is 70.2 Å². The molecule has 28 heavy (non-hydrogen) atoms. The van der Waals surface area contributed by atoms with Gasteiger partial charge in [0.05, 0.1) is 5.60 Å². The Kier molecular flexibility index (Phi) is 9.07. The van der Waals surface area contributed by atoms with E-state index in [-0.39, 0.29) is 5.92 Å². The Labute approximate surface area is 176 Å². The van der Waals surface area contributed by atoms with Crippen LogP contribution < -0.4 is 0 Å². The molecule has 0 aromatic heterocycles. The van der Waals surface area contributed by atoms with Gasteiger partial charge in [-0.2, -0.15) is 0 Å². The molecule has 3 heteroatoms. The number of thioether (sulfide) groups is 1. The van der Waals surface area contributed by atoms with E-state index in [1.54, 1.807) is 0 Å². The smallest absolute Gasteiger partial charge is 0.0854 e. The number of benzene rings is 2. The summed E-state index contributed by atoms with van der Waals surface area (Å²) in [5.41, 5.74) is 1.50. The number of likely N-dealkylation sites (N-methyl/N-ethyl adjacent to an activating group) is 1. The Morgan fingerprint density at radius 2 is 1.50 bits per heavy atom. The van der Waals surface area contributed by atoms with Gasteiger partial charge in [0, 0.05) is 17.4 Å². The van der Waals surface area contributed by atoms with E-state index in [1.165, 1.54) is 22.4 Å². The summed E-state index contributed by atoms with van der Waals surface area (Å²) >= 11 is 1.92. The van der Waals surface area contributed by atoms with E-state index in [0.717, 1.165) is 24.8 Å². The van der Waals surface area contributed by atoms with Crippen molar-refractivity contribution in [1.82, 2.24) is 4.90 Å². The predicted octanol–water partition coefficient (Wildman–Crippen LogP) is 6.05. The van der Waals surface area contributed by atoms with Gasteiger partial charge in [0.15, 0.2) is 0 Å². The van der Waals surface area contributed by atoms with Gasteiger partial charge < -0.3 is 10.0 Å². The van der Waals surface area contributed by atoms with E-state index in [4.69, 9.17) is 0 Å². The van der Waals surface area contributed by atoms with Crippen LogP contribution in [0.3, 0.4) is 0 Å². The molecule has 2 atom stereocenters. The molecule has 0 fully saturated rings. The van der Waals surface area contributed by atoms with E-state index < -0.39 is 5.60 Å². The van der Waals surface area contributed by atoms with Crippen molar-refractivity contribution in [3.8, 4) is 0 Å². The second-order valence-electron chi connectivity index (χ2n) is 8.26. The van der Waals surface area contributed by atoms with Crippen LogP contribution in [0.15, 0.2) is 59.5 Å². The maximum Gasteiger partial charge on any atom is 0.0854 e. The third-order valence-corrected chi connectivity index (χ3v) is 6.42. The van der Waals surface area contributed by atoms with Gasteiger partial charge in [0.1, 0.15) is 0 Å². The van der Waals surface area contributed by atoms with Crippen molar-refractivity contribution in [3.05, 3.63) is 65.7 Å². The van der Waals surface area contributed by atoms with Crippen LogP contribution in [-0.2, 0) is 0 Å². The second kappa shape index (κ2) is 11.0. The molecule has 0 spiro atoms. The molecule has 2 aromatic rings. The largest absolute Gasteiger partial charge is 0.388 e. The first kappa shape index (κ1) is 23.0. The molecular weight excluding hydrogens is 362 g/mol. The maximum atomic E-state index is 11.5. The van der Waals surface area contributed by atoms with Crippen LogP contribution in [0.4, 0.5) is 0 Å². The zero-order valence-corrected chi connectivity index (χ0v) is 19.0. The molecule has 0 amide bonds. The highest BCUT2D eigenvalue weighted by molar-refractivity contribution is 7.99. The Balaban J connectivity index is 2.27. The molecule has 0 bridgehead atoms. The average Bonchev–Trinajstić information content (AvgIpc) is 2.68. The van der Waals surface area contributed by atoms with Crippen molar-refractivity contribution < 1.29 is 5.11 Å². The van der Waals surface area contributed by atoms with Gasteiger partial charge in [-0.05, 0) is 61.4 Å². The lowest BCUT2D eigenvalue weighted by molar-refractivity contribution is 0.00819. The van der Waals surface area contributed by atoms with Crippen LogP contribution in [0.1, 0.15) is 58.1 Å². The second-order valence-corrected chi connectivity index (χ2v) is 9.43. The highest BCUT2D eigenvalue weighted by atomic mass is 32.2. The SMILES string of the molecule is CCN(CC)CC(C)(O)C(c1ccccc1)c1ccc(SCCC(C)C)cc1. The number of nitrogens with zero attached hydrogens (tertiary/aromatic N) is 1. The van der Waals surface area contributed by atoms with Gasteiger partial charge in [0.25, 0.3) is 0 Å². The lowest BCUT2D eigenvalue weighted by atomic mass is 9.78. The molecule has 0 saturated carbocycles. The van der Waals surface area contributed by atoms with E-state index >= 15 is 0 Å². The summed E-state index contributed by atoms with van der Waals surface area (Å²) < 4.78 is 0. The first-order chi connectivity index (χ1) is 13.4. The summed E-state index contributed by atoms with van der Waals surface area (Å²) in [6, 6.07) is 19.2. The molecular formula is C25H37NOS. The van der Waals surface area contributed by atoms with Gasteiger partial charge >= 0.3 is 0 Å². The van der Waals surface area contributed by atoms with E-state index in [0.29, 0.717) is 6.54 Å². The fourth-order valence-electron chi connectivity index (χ4n) is 3.72. The third-order valence-electron chi connectivity index (χ3n) is 5.37. The zero-order chi connectivity index (χ0) is 20.6. The Hall–Kier alpha value is -1.29. The highest BCUT2D eigenvalue weighted by Crippen LogP contribution is 2.36. The van der Waals surface area contributed by atoms with Gasteiger partial charge in [-0.15, -0.1) is 11.8 Å². The fraction of sp³-hybridized carbons (Fsp3) is 0.520. The summed E-state index contributed by atoms with van der Waals surface area (Å²) in [7, 11) is 0. The van der Waals surface area contributed by atoms with Crippen molar-refractivity contribution in [3.63, 3.8) is 0 Å². The first-order valence-corrected chi connectivity index (χ1v) is 11.6. The third kappa shape index (κ3) is 6.65. The van der Waals surface area contributed by atoms with Gasteiger partial charge in [0.2, 0.25) is 0 Å². The first-order valence-electron chi connectivity index (χ1n) is 10.6. The normalized spacial score (nSPS) is 15.0. The molecule has 154 valence electrons. The minimum atomic E-state index is -0.848. The van der Waals surface area contributed by atoms with Crippen LogP contribution in [0.25, 0.3) is 0 Å². The molecule has 0 heterocycles. The Morgan fingerprint density at radius 1 is 0.929 bits per heavy atom. The number of hydrogen-bond donors (Lipinski definition) is 1. The molecule has 0 aliphatic heterocycles. The van der Waals surface area contributed by atoms with E-state index in [1.807, 2.05) is 24.8 Å². The standard InChI is InChI=1S/C25H37NOS/c1-6-26(7-2)19-25(5,27)24(21-11-9-8-10-12-21)22-13-15-23(16-14-22)28-18-17-20(3)4/h8-16,20,24,27H,6-7,17-19H2,1-5H3. The topological polar surface area (TPSA) is 23.5 Å². The lowest BCUT2D eigenvalue weighted by Gasteiger charge is -2.37. The molecule has 0 radical (unpaired) electrons. The maximum absolute atomic E-state index is 11.5. The molecule has 0 aliphatic rings. The van der Waals surface area contributed by atoms with E-state index in [9.17, 15) is 5.11 Å².